The maximum Gasteiger partial charge on any atom is 0.143 e. The molecule has 0 amide bonds. The van der Waals surface area contributed by atoms with Gasteiger partial charge in [0.1, 0.15) is 22.3 Å². The highest BCUT2D eigenvalue weighted by atomic mass is 16.3. The molecule has 0 spiro atoms. The van der Waals surface area contributed by atoms with E-state index < -0.39 is 0 Å². The summed E-state index contributed by atoms with van der Waals surface area (Å²) in [4.78, 5) is 2.35. The van der Waals surface area contributed by atoms with E-state index in [1.165, 1.54) is 27.4 Å². The Morgan fingerprint density at radius 1 is 0.271 bits per heavy atom. The highest BCUT2D eigenvalue weighted by molar-refractivity contribution is 6.12. The van der Waals surface area contributed by atoms with Crippen LogP contribution in [-0.4, -0.2) is 4.57 Å². The molecule has 14 aromatic rings. The Hall–Kier alpha value is -9.38. The van der Waals surface area contributed by atoms with Gasteiger partial charge in [0.05, 0.1) is 11.0 Å². The first kappa shape index (κ1) is 39.8. The molecule has 14 rings (SSSR count). The Morgan fingerprint density at radius 3 is 1.40 bits per heavy atom. The Balaban J connectivity index is 0.841. The molecule has 0 fully saturated rings. The lowest BCUT2D eigenvalue weighted by atomic mass is 9.99. The Labute approximate surface area is 404 Å². The highest BCUT2D eigenvalue weighted by Crippen LogP contribution is 2.42. The molecule has 0 aliphatic carbocycles. The Morgan fingerprint density at radius 2 is 0.743 bits per heavy atom. The van der Waals surface area contributed by atoms with Gasteiger partial charge >= 0.3 is 0 Å². The van der Waals surface area contributed by atoms with Crippen molar-refractivity contribution in [2.45, 2.75) is 0 Å². The highest BCUT2D eigenvalue weighted by Gasteiger charge is 2.18. The van der Waals surface area contributed by atoms with Crippen molar-refractivity contribution in [3.8, 4) is 50.2 Å². The largest absolute Gasteiger partial charge is 0.456 e. The minimum Gasteiger partial charge on any atom is -0.456 e. The van der Waals surface area contributed by atoms with Crippen molar-refractivity contribution in [3.63, 3.8) is 0 Å². The van der Waals surface area contributed by atoms with E-state index in [1.54, 1.807) is 0 Å². The van der Waals surface area contributed by atoms with E-state index >= 15 is 0 Å². The quantitative estimate of drug-likeness (QED) is 0.152. The molecule has 0 aliphatic heterocycles. The van der Waals surface area contributed by atoms with Crippen LogP contribution in [0.5, 0.6) is 0 Å². The van der Waals surface area contributed by atoms with Crippen LogP contribution in [0.15, 0.2) is 264 Å². The van der Waals surface area contributed by atoms with Crippen molar-refractivity contribution in [2.24, 2.45) is 0 Å². The summed E-state index contributed by atoms with van der Waals surface area (Å²) < 4.78 is 15.1. The van der Waals surface area contributed by atoms with Gasteiger partial charge < -0.3 is 18.3 Å². The number of rotatable bonds is 8. The summed E-state index contributed by atoms with van der Waals surface area (Å²) >= 11 is 0. The fourth-order valence-electron chi connectivity index (χ4n) is 10.6. The molecule has 0 unspecified atom stereocenters. The second kappa shape index (κ2) is 16.2. The first-order chi connectivity index (χ1) is 34.7. The predicted molar refractivity (Wildman–Crippen MR) is 292 cm³/mol. The van der Waals surface area contributed by atoms with E-state index in [0.717, 1.165) is 106 Å². The van der Waals surface area contributed by atoms with Gasteiger partial charge in [0.2, 0.25) is 0 Å². The number of anilines is 3. The minimum atomic E-state index is 0.883. The van der Waals surface area contributed by atoms with Gasteiger partial charge in [-0.25, -0.2) is 0 Å². The van der Waals surface area contributed by atoms with Gasteiger partial charge in [0, 0.05) is 60.6 Å². The summed E-state index contributed by atoms with van der Waals surface area (Å²) in [6, 6.07) is 91.2. The van der Waals surface area contributed by atoms with Gasteiger partial charge in [0.25, 0.3) is 0 Å². The number of fused-ring (bicyclic) bond motifs is 9. The van der Waals surface area contributed by atoms with E-state index in [-0.39, 0.29) is 0 Å². The average Bonchev–Trinajstić information content (AvgIpc) is 4.11. The molecule has 3 heterocycles. The van der Waals surface area contributed by atoms with Crippen LogP contribution < -0.4 is 4.90 Å². The average molecular weight is 895 g/mol. The summed E-state index contributed by atoms with van der Waals surface area (Å²) in [5, 5.41) is 6.96. The molecule has 11 aromatic carbocycles. The van der Waals surface area contributed by atoms with Crippen molar-refractivity contribution in [1.29, 1.82) is 0 Å². The molecular weight excluding hydrogens is 853 g/mol. The zero-order valence-electron chi connectivity index (χ0n) is 38.0. The zero-order valence-corrected chi connectivity index (χ0v) is 38.0. The van der Waals surface area contributed by atoms with Crippen LogP contribution in [0.2, 0.25) is 0 Å². The summed E-state index contributed by atoms with van der Waals surface area (Å²) in [6.45, 7) is 0. The number of nitrogens with zero attached hydrogens (tertiary/aromatic N) is 2. The Bertz CT molecular complexity index is 4260. The molecule has 4 nitrogen and oxygen atoms in total. The molecule has 0 aliphatic rings. The lowest BCUT2D eigenvalue weighted by molar-refractivity contribution is 0.669. The number of para-hydroxylation sites is 4. The molecule has 70 heavy (non-hydrogen) atoms. The first-order valence-corrected chi connectivity index (χ1v) is 23.8. The second-order valence-corrected chi connectivity index (χ2v) is 18.1. The van der Waals surface area contributed by atoms with Crippen LogP contribution in [0.25, 0.3) is 116 Å². The summed E-state index contributed by atoms with van der Waals surface area (Å²) in [7, 11) is 0. The SMILES string of the molecule is c1ccc(-c2cccc3c2oc2ccc(-c4ccc(N(c5ccc(-c6ccc7oc8ccccc8c7c6)cc5)c5ccc(-c6ccc7c8ccccc8n(-c8ccccc8)c7c6)cc5)cc4)cc23)cc1. The van der Waals surface area contributed by atoms with Gasteiger partial charge in [-0.2, -0.15) is 0 Å². The zero-order chi connectivity index (χ0) is 46.1. The molecule has 3 aromatic heterocycles. The monoisotopic (exact) mass is 894 g/mol. The minimum absolute atomic E-state index is 0.883. The van der Waals surface area contributed by atoms with Crippen molar-refractivity contribution in [3.05, 3.63) is 255 Å². The smallest absolute Gasteiger partial charge is 0.143 e. The number of aromatic nitrogens is 1. The molecule has 0 saturated heterocycles. The molecular formula is C66H42N2O2. The van der Waals surface area contributed by atoms with E-state index in [9.17, 15) is 0 Å². The first-order valence-electron chi connectivity index (χ1n) is 23.8. The normalized spacial score (nSPS) is 11.7. The number of benzene rings is 11. The summed E-state index contributed by atoms with van der Waals surface area (Å²) in [5.41, 5.74) is 19.4. The van der Waals surface area contributed by atoms with E-state index in [0.29, 0.717) is 0 Å². The number of hydrogen-bond donors (Lipinski definition) is 0. The predicted octanol–water partition coefficient (Wildman–Crippen LogP) is 18.7. The van der Waals surface area contributed by atoms with Gasteiger partial charge in [0.15, 0.2) is 0 Å². The fraction of sp³-hybridized carbons (Fsp3) is 0. The van der Waals surface area contributed by atoms with Crippen LogP contribution >= 0.6 is 0 Å². The van der Waals surface area contributed by atoms with Gasteiger partial charge in [-0.15, -0.1) is 0 Å². The third-order valence-electron chi connectivity index (χ3n) is 14.0. The van der Waals surface area contributed by atoms with Gasteiger partial charge in [-0.05, 0) is 130 Å². The summed E-state index contributed by atoms with van der Waals surface area (Å²) in [6.07, 6.45) is 0. The third-order valence-corrected chi connectivity index (χ3v) is 14.0. The van der Waals surface area contributed by atoms with E-state index in [1.807, 2.05) is 18.2 Å². The lowest BCUT2D eigenvalue weighted by Crippen LogP contribution is -2.09. The fourth-order valence-corrected chi connectivity index (χ4v) is 10.6. The van der Waals surface area contributed by atoms with Gasteiger partial charge in [-0.1, -0.05) is 164 Å². The van der Waals surface area contributed by atoms with E-state index in [4.69, 9.17) is 8.83 Å². The van der Waals surface area contributed by atoms with Crippen molar-refractivity contribution < 1.29 is 8.83 Å². The van der Waals surface area contributed by atoms with Crippen LogP contribution in [0.3, 0.4) is 0 Å². The molecule has 4 heteroatoms. The molecule has 0 radical (unpaired) electrons. The number of furan rings is 2. The van der Waals surface area contributed by atoms with Gasteiger partial charge in [-0.3, -0.25) is 0 Å². The molecule has 0 bridgehead atoms. The summed E-state index contributed by atoms with van der Waals surface area (Å²) in [5.74, 6) is 0. The standard InChI is InChI=1S/C66H42N2O2/c1-3-12-46(13-4-1)54-18-11-19-58-60-41-48(30-39-65(60)70-66(54)58)44-24-33-52(34-25-44)67(51-31-22-43(23-32-51)47-29-38-64-59(40-47)57-17-8-10-21-63(57)69-64)53-35-26-45(27-36-53)49-28-37-56-55-16-7-9-20-61(55)68(62(56)42-49)50-14-5-2-6-15-50/h1-42H. The molecule has 0 N–H and O–H groups in total. The van der Waals surface area contributed by atoms with Crippen LogP contribution in [0, 0.1) is 0 Å². The maximum absolute atomic E-state index is 6.53. The molecule has 0 atom stereocenters. The van der Waals surface area contributed by atoms with Crippen LogP contribution in [0.4, 0.5) is 17.1 Å². The van der Waals surface area contributed by atoms with Crippen molar-refractivity contribution in [1.82, 2.24) is 4.57 Å². The van der Waals surface area contributed by atoms with Crippen LogP contribution in [0.1, 0.15) is 0 Å². The van der Waals surface area contributed by atoms with Crippen LogP contribution in [-0.2, 0) is 0 Å². The van der Waals surface area contributed by atoms with Crippen molar-refractivity contribution >= 4 is 82.7 Å². The second-order valence-electron chi connectivity index (χ2n) is 18.1. The topological polar surface area (TPSA) is 34.5 Å². The molecule has 328 valence electrons. The Kier molecular flexibility index (Phi) is 9.17. The van der Waals surface area contributed by atoms with Crippen molar-refractivity contribution in [2.75, 3.05) is 4.90 Å². The maximum atomic E-state index is 6.53. The lowest BCUT2D eigenvalue weighted by Gasteiger charge is -2.26. The molecule has 0 saturated carbocycles. The number of hydrogen-bond acceptors (Lipinski definition) is 3. The van der Waals surface area contributed by atoms with E-state index in [2.05, 4.69) is 246 Å². The third kappa shape index (κ3) is 6.61.